The number of anilines is 1. The van der Waals surface area contributed by atoms with E-state index in [1.54, 1.807) is 12.1 Å². The molecule has 2 heterocycles. The molecule has 3 aromatic rings. The number of rotatable bonds is 7. The highest BCUT2D eigenvalue weighted by Crippen LogP contribution is 2.28. The van der Waals surface area contributed by atoms with Crippen LogP contribution in [-0.2, 0) is 19.6 Å². The summed E-state index contributed by atoms with van der Waals surface area (Å²) in [6.45, 7) is 4.25. The van der Waals surface area contributed by atoms with Crippen LogP contribution in [0.5, 0.6) is 0 Å². The molecular weight excluding hydrogens is 353 g/mol. The number of unbranched alkanes of at least 4 members (excludes halogenated alkanes) is 1. The zero-order valence-corrected chi connectivity index (χ0v) is 16.1. The summed E-state index contributed by atoms with van der Waals surface area (Å²) in [6.07, 6.45) is 4.63. The highest BCUT2D eigenvalue weighted by atomic mass is 19.1. The first-order chi connectivity index (χ1) is 13.6. The summed E-state index contributed by atoms with van der Waals surface area (Å²) in [5.74, 6) is -0.0112. The Balaban J connectivity index is 1.43. The van der Waals surface area contributed by atoms with Crippen molar-refractivity contribution in [2.45, 2.75) is 45.8 Å². The Morgan fingerprint density at radius 3 is 2.71 bits per heavy atom. The fraction of sp³-hybridized carbons (Fsp3) is 0.304. The second-order valence-corrected chi connectivity index (χ2v) is 7.36. The second-order valence-electron chi connectivity index (χ2n) is 7.36. The van der Waals surface area contributed by atoms with E-state index in [2.05, 4.69) is 24.1 Å². The van der Waals surface area contributed by atoms with Gasteiger partial charge in [0.1, 0.15) is 5.82 Å². The van der Waals surface area contributed by atoms with Crippen molar-refractivity contribution >= 4 is 11.5 Å². The molecule has 0 amide bonds. The van der Waals surface area contributed by atoms with Gasteiger partial charge in [0.05, 0.1) is 18.8 Å². The van der Waals surface area contributed by atoms with Crippen LogP contribution < -0.4 is 4.90 Å². The maximum absolute atomic E-state index is 13.1. The number of Topliss-reactive ketones (excluding diaryl/α,β-unsaturated/α-hetero) is 1. The van der Waals surface area contributed by atoms with Gasteiger partial charge in [0, 0.05) is 36.0 Å². The summed E-state index contributed by atoms with van der Waals surface area (Å²) in [5, 5.41) is 4.70. The molecule has 5 heteroatoms. The Morgan fingerprint density at radius 1 is 1.14 bits per heavy atom. The number of nitrogens with zero attached hydrogens (tertiary/aromatic N) is 3. The molecule has 4 nitrogen and oxygen atoms in total. The van der Waals surface area contributed by atoms with E-state index in [4.69, 9.17) is 5.10 Å². The van der Waals surface area contributed by atoms with Crippen molar-refractivity contribution in [3.8, 4) is 0 Å². The summed E-state index contributed by atoms with van der Waals surface area (Å²) in [5.41, 5.74) is 5.13. The number of aromatic nitrogens is 2. The van der Waals surface area contributed by atoms with Gasteiger partial charge in [0.2, 0.25) is 0 Å². The molecule has 0 fully saturated rings. The smallest absolute Gasteiger partial charge is 0.162 e. The van der Waals surface area contributed by atoms with Crippen molar-refractivity contribution in [3.63, 3.8) is 0 Å². The number of carbonyl (C=O) groups is 1. The van der Waals surface area contributed by atoms with Crippen molar-refractivity contribution in [1.29, 1.82) is 0 Å². The van der Waals surface area contributed by atoms with E-state index < -0.39 is 0 Å². The van der Waals surface area contributed by atoms with Gasteiger partial charge in [-0.2, -0.15) is 5.10 Å². The molecule has 1 aliphatic rings. The molecule has 4 rings (SSSR count). The minimum Gasteiger partial charge on any atom is -0.361 e. The van der Waals surface area contributed by atoms with Crippen molar-refractivity contribution in [3.05, 3.63) is 82.9 Å². The number of halogens is 1. The summed E-state index contributed by atoms with van der Waals surface area (Å²) < 4.78 is 15.0. The van der Waals surface area contributed by atoms with Crippen LogP contribution in [0.15, 0.2) is 54.7 Å². The summed E-state index contributed by atoms with van der Waals surface area (Å²) in [7, 11) is 0. The average molecular weight is 377 g/mol. The van der Waals surface area contributed by atoms with Crippen LogP contribution in [0.25, 0.3) is 0 Å². The van der Waals surface area contributed by atoms with Crippen molar-refractivity contribution in [1.82, 2.24) is 9.78 Å². The highest BCUT2D eigenvalue weighted by molar-refractivity contribution is 5.96. The molecule has 1 aliphatic heterocycles. The molecule has 0 saturated carbocycles. The predicted molar refractivity (Wildman–Crippen MR) is 108 cm³/mol. The monoisotopic (exact) mass is 377 g/mol. The molecule has 0 atom stereocenters. The Hall–Kier alpha value is -2.95. The molecule has 2 aromatic carbocycles. The number of hydrogen-bond donors (Lipinski definition) is 0. The van der Waals surface area contributed by atoms with Gasteiger partial charge in [-0.05, 0) is 36.2 Å². The van der Waals surface area contributed by atoms with Gasteiger partial charge in [0.15, 0.2) is 5.78 Å². The van der Waals surface area contributed by atoms with Gasteiger partial charge >= 0.3 is 0 Å². The first-order valence-corrected chi connectivity index (χ1v) is 9.80. The van der Waals surface area contributed by atoms with E-state index >= 15 is 0 Å². The zero-order chi connectivity index (χ0) is 19.5. The lowest BCUT2D eigenvalue weighted by molar-refractivity contribution is 0.0980. The third-order valence-electron chi connectivity index (χ3n) is 5.18. The summed E-state index contributed by atoms with van der Waals surface area (Å²) in [4.78, 5) is 14.6. The van der Waals surface area contributed by atoms with Gasteiger partial charge in [0.25, 0.3) is 0 Å². The van der Waals surface area contributed by atoms with Gasteiger partial charge in [-0.1, -0.05) is 37.6 Å². The first kappa shape index (κ1) is 18.4. The van der Waals surface area contributed by atoms with Gasteiger partial charge in [-0.25, -0.2) is 4.39 Å². The molecule has 0 saturated heterocycles. The maximum Gasteiger partial charge on any atom is 0.162 e. The summed E-state index contributed by atoms with van der Waals surface area (Å²) >= 11 is 0. The zero-order valence-electron chi connectivity index (χ0n) is 16.1. The van der Waals surface area contributed by atoms with E-state index in [0.717, 1.165) is 48.4 Å². The summed E-state index contributed by atoms with van der Waals surface area (Å²) in [6, 6.07) is 14.4. The van der Waals surface area contributed by atoms with Gasteiger partial charge < -0.3 is 4.90 Å². The Morgan fingerprint density at radius 2 is 1.96 bits per heavy atom. The van der Waals surface area contributed by atoms with Gasteiger partial charge in [-0.3, -0.25) is 9.48 Å². The number of carbonyl (C=O) groups excluding carboxylic acids is 1. The number of benzene rings is 2. The van der Waals surface area contributed by atoms with Crippen molar-refractivity contribution in [2.75, 3.05) is 4.90 Å². The average Bonchev–Trinajstić information content (AvgIpc) is 3.26. The third kappa shape index (κ3) is 3.98. The molecule has 1 aromatic heterocycles. The lowest BCUT2D eigenvalue weighted by Gasteiger charge is -2.18. The standard InChI is InChI=1S/C23H24FN3O/c1-2-3-7-23(28)18-5-4-6-21(12-18)26-14-19-15-27(25-22(19)16-26)13-17-8-10-20(24)11-9-17/h4-6,8-12,15H,2-3,7,13-14,16H2,1H3. The number of hydrogen-bond acceptors (Lipinski definition) is 3. The van der Waals surface area contributed by atoms with E-state index in [0.29, 0.717) is 13.0 Å². The predicted octanol–water partition coefficient (Wildman–Crippen LogP) is 4.96. The molecule has 0 unspecified atom stereocenters. The van der Waals surface area contributed by atoms with Crippen LogP contribution in [0.1, 0.15) is 53.4 Å². The van der Waals surface area contributed by atoms with E-state index in [-0.39, 0.29) is 11.6 Å². The fourth-order valence-electron chi connectivity index (χ4n) is 3.61. The number of fused-ring (bicyclic) bond motifs is 1. The van der Waals surface area contributed by atoms with Crippen LogP contribution in [-0.4, -0.2) is 15.6 Å². The molecule has 0 spiro atoms. The minimum atomic E-state index is -0.224. The Kier molecular flexibility index (Phi) is 5.24. The minimum absolute atomic E-state index is 0.213. The van der Waals surface area contributed by atoms with Crippen LogP contribution in [0.3, 0.4) is 0 Å². The largest absolute Gasteiger partial charge is 0.361 e. The van der Waals surface area contributed by atoms with Crippen molar-refractivity contribution in [2.24, 2.45) is 0 Å². The van der Waals surface area contributed by atoms with Crippen LogP contribution in [0.4, 0.5) is 10.1 Å². The quantitative estimate of drug-likeness (QED) is 0.546. The Labute approximate surface area is 164 Å². The topological polar surface area (TPSA) is 38.1 Å². The van der Waals surface area contributed by atoms with Crippen LogP contribution in [0.2, 0.25) is 0 Å². The van der Waals surface area contributed by atoms with Gasteiger partial charge in [-0.15, -0.1) is 0 Å². The molecule has 0 N–H and O–H groups in total. The van der Waals surface area contributed by atoms with E-state index in [1.807, 2.05) is 22.9 Å². The molecule has 28 heavy (non-hydrogen) atoms. The Bertz CT molecular complexity index is 954. The maximum atomic E-state index is 13.1. The first-order valence-electron chi connectivity index (χ1n) is 9.80. The van der Waals surface area contributed by atoms with Crippen LogP contribution >= 0.6 is 0 Å². The van der Waals surface area contributed by atoms with E-state index in [9.17, 15) is 9.18 Å². The number of ketones is 1. The normalized spacial score (nSPS) is 13.0. The third-order valence-corrected chi connectivity index (χ3v) is 5.18. The SMILES string of the molecule is CCCCC(=O)c1cccc(N2Cc3cn(Cc4ccc(F)cc4)nc3C2)c1. The lowest BCUT2D eigenvalue weighted by Crippen LogP contribution is -2.16. The molecular formula is C23H24FN3O. The highest BCUT2D eigenvalue weighted by Gasteiger charge is 2.23. The van der Waals surface area contributed by atoms with E-state index in [1.165, 1.54) is 17.7 Å². The molecule has 0 aliphatic carbocycles. The van der Waals surface area contributed by atoms with Crippen molar-refractivity contribution < 1.29 is 9.18 Å². The second kappa shape index (κ2) is 7.97. The van der Waals surface area contributed by atoms with Crippen LogP contribution in [0, 0.1) is 5.82 Å². The lowest BCUT2D eigenvalue weighted by atomic mass is 10.0. The molecule has 144 valence electrons. The molecule has 0 radical (unpaired) electrons. The fourth-order valence-corrected chi connectivity index (χ4v) is 3.61. The molecule has 0 bridgehead atoms.